The van der Waals surface area contributed by atoms with E-state index < -0.39 is 17.9 Å². The maximum absolute atomic E-state index is 11.2. The quantitative estimate of drug-likeness (QED) is 0.488. The molecule has 1 atom stereocenters. The summed E-state index contributed by atoms with van der Waals surface area (Å²) in [6, 6.07) is 5.41. The molecule has 0 aliphatic heterocycles. The zero-order valence-corrected chi connectivity index (χ0v) is 9.63. The number of nitrogens with two attached hydrogens (primary N) is 1. The number of amides is 1. The lowest BCUT2D eigenvalue weighted by Crippen LogP contribution is -2.43. The van der Waals surface area contributed by atoms with Gasteiger partial charge in [-0.3, -0.25) is 4.79 Å². The predicted octanol–water partition coefficient (Wildman–Crippen LogP) is 0.0224. The molecule has 1 amide bonds. The number of aromatic hydroxyl groups is 1. The number of rotatable bonds is 6. The second kappa shape index (κ2) is 6.41. The van der Waals surface area contributed by atoms with Gasteiger partial charge in [0.2, 0.25) is 5.91 Å². The average Bonchev–Trinajstić information content (AvgIpc) is 2.35. The zero-order valence-electron chi connectivity index (χ0n) is 9.63. The molecular weight excluding hydrogens is 236 g/mol. The number of hydrogen-bond donors (Lipinski definition) is 3. The number of benzene rings is 1. The first kappa shape index (κ1) is 13.7. The number of phenols is 1. The van der Waals surface area contributed by atoms with E-state index in [9.17, 15) is 9.59 Å². The highest BCUT2D eigenvalue weighted by atomic mass is 16.7. The summed E-state index contributed by atoms with van der Waals surface area (Å²) in [5.74, 6) is -1.23. The van der Waals surface area contributed by atoms with Crippen molar-refractivity contribution in [1.82, 2.24) is 5.48 Å². The van der Waals surface area contributed by atoms with Gasteiger partial charge in [-0.25, -0.2) is 4.79 Å². The predicted molar refractivity (Wildman–Crippen MR) is 64.2 cm³/mol. The van der Waals surface area contributed by atoms with Gasteiger partial charge in [-0.05, 0) is 24.1 Å². The molecule has 0 saturated heterocycles. The fourth-order valence-corrected chi connectivity index (χ4v) is 1.24. The van der Waals surface area contributed by atoms with E-state index in [1.165, 1.54) is 12.1 Å². The third-order valence-electron chi connectivity index (χ3n) is 2.19. The molecule has 1 aromatic carbocycles. The molecule has 0 fully saturated rings. The largest absolute Gasteiger partial charge is 0.508 e. The van der Waals surface area contributed by atoms with Gasteiger partial charge in [-0.2, -0.15) is 0 Å². The van der Waals surface area contributed by atoms with E-state index in [0.717, 1.165) is 11.6 Å². The van der Waals surface area contributed by atoms with Crippen LogP contribution in [0, 0.1) is 0 Å². The number of hydroxylamine groups is 1. The SMILES string of the molecule is C=CC(=O)ON[C@@H](Cc1ccc(O)cc1)C(N)=O. The van der Waals surface area contributed by atoms with Gasteiger partial charge in [-0.15, -0.1) is 5.48 Å². The fraction of sp³-hybridized carbons (Fsp3) is 0.167. The highest BCUT2D eigenvalue weighted by Crippen LogP contribution is 2.11. The Bertz CT molecular complexity index is 442. The van der Waals surface area contributed by atoms with Crippen molar-refractivity contribution in [3.63, 3.8) is 0 Å². The van der Waals surface area contributed by atoms with Crippen LogP contribution in [0.3, 0.4) is 0 Å². The van der Waals surface area contributed by atoms with Crippen LogP contribution in [0.25, 0.3) is 0 Å². The number of carbonyl (C=O) groups is 2. The highest BCUT2D eigenvalue weighted by Gasteiger charge is 2.17. The molecule has 96 valence electrons. The third-order valence-corrected chi connectivity index (χ3v) is 2.19. The summed E-state index contributed by atoms with van der Waals surface area (Å²) in [4.78, 5) is 26.6. The summed E-state index contributed by atoms with van der Waals surface area (Å²) in [6.07, 6.45) is 1.20. The summed E-state index contributed by atoms with van der Waals surface area (Å²) >= 11 is 0. The second-order valence-electron chi connectivity index (χ2n) is 3.57. The molecule has 1 aromatic rings. The lowest BCUT2D eigenvalue weighted by atomic mass is 10.1. The number of primary amides is 1. The molecule has 18 heavy (non-hydrogen) atoms. The number of carbonyl (C=O) groups excluding carboxylic acids is 2. The molecule has 4 N–H and O–H groups in total. The van der Waals surface area contributed by atoms with E-state index in [2.05, 4.69) is 16.9 Å². The van der Waals surface area contributed by atoms with Crippen LogP contribution >= 0.6 is 0 Å². The monoisotopic (exact) mass is 250 g/mol. The molecule has 0 unspecified atom stereocenters. The summed E-state index contributed by atoms with van der Waals surface area (Å²) in [5.41, 5.74) is 8.21. The summed E-state index contributed by atoms with van der Waals surface area (Å²) in [5, 5.41) is 9.12. The van der Waals surface area contributed by atoms with Gasteiger partial charge in [0.05, 0.1) is 0 Å². The molecule has 6 heteroatoms. The van der Waals surface area contributed by atoms with Crippen molar-refractivity contribution < 1.29 is 19.5 Å². The maximum atomic E-state index is 11.2. The molecule has 1 rings (SSSR count). The Morgan fingerprint density at radius 3 is 2.56 bits per heavy atom. The standard InChI is InChI=1S/C12H14N2O4/c1-2-11(16)18-14-10(12(13)17)7-8-3-5-9(15)6-4-8/h2-6,10,14-15H,1,7H2,(H2,13,17)/t10-/m0/s1. The molecule has 0 bridgehead atoms. The van der Waals surface area contributed by atoms with Crippen LogP contribution in [0.2, 0.25) is 0 Å². The van der Waals surface area contributed by atoms with E-state index in [4.69, 9.17) is 10.8 Å². The smallest absolute Gasteiger partial charge is 0.348 e. The van der Waals surface area contributed by atoms with Crippen LogP contribution in [0.15, 0.2) is 36.9 Å². The molecule has 0 aromatic heterocycles. The Hall–Kier alpha value is -2.34. The molecule has 0 radical (unpaired) electrons. The summed E-state index contributed by atoms with van der Waals surface area (Å²) in [7, 11) is 0. The third kappa shape index (κ3) is 4.26. The van der Waals surface area contributed by atoms with Crippen LogP contribution in [0.1, 0.15) is 5.56 Å². The maximum Gasteiger partial charge on any atom is 0.348 e. The Morgan fingerprint density at radius 1 is 1.44 bits per heavy atom. The number of hydrogen-bond acceptors (Lipinski definition) is 5. The van der Waals surface area contributed by atoms with E-state index >= 15 is 0 Å². The van der Waals surface area contributed by atoms with Crippen molar-refractivity contribution >= 4 is 11.9 Å². The number of nitrogens with one attached hydrogen (secondary N) is 1. The molecular formula is C12H14N2O4. The average molecular weight is 250 g/mol. The van der Waals surface area contributed by atoms with E-state index in [0.29, 0.717) is 0 Å². The van der Waals surface area contributed by atoms with Crippen molar-refractivity contribution in [1.29, 1.82) is 0 Å². The van der Waals surface area contributed by atoms with Crippen molar-refractivity contribution in [3.05, 3.63) is 42.5 Å². The van der Waals surface area contributed by atoms with Crippen LogP contribution in [-0.4, -0.2) is 23.0 Å². The molecule has 0 spiro atoms. The minimum Gasteiger partial charge on any atom is -0.508 e. The summed E-state index contributed by atoms with van der Waals surface area (Å²) < 4.78 is 0. The molecule has 0 saturated carbocycles. The van der Waals surface area contributed by atoms with Crippen molar-refractivity contribution in [2.45, 2.75) is 12.5 Å². The Balaban J connectivity index is 2.62. The van der Waals surface area contributed by atoms with Gasteiger partial charge >= 0.3 is 5.97 Å². The fourth-order valence-electron chi connectivity index (χ4n) is 1.24. The molecule has 6 nitrogen and oxygen atoms in total. The first-order valence-corrected chi connectivity index (χ1v) is 5.19. The Morgan fingerprint density at radius 2 is 2.06 bits per heavy atom. The first-order chi connectivity index (χ1) is 8.52. The number of phenolic OH excluding ortho intramolecular Hbond substituents is 1. The highest BCUT2D eigenvalue weighted by molar-refractivity contribution is 5.82. The first-order valence-electron chi connectivity index (χ1n) is 5.19. The molecule has 0 heterocycles. The second-order valence-corrected chi connectivity index (χ2v) is 3.57. The van der Waals surface area contributed by atoms with Crippen LogP contribution in [0.5, 0.6) is 5.75 Å². The normalized spacial score (nSPS) is 11.6. The van der Waals surface area contributed by atoms with Crippen molar-refractivity contribution in [3.8, 4) is 5.75 Å². The van der Waals surface area contributed by atoms with Crippen LogP contribution in [0.4, 0.5) is 0 Å². The lowest BCUT2D eigenvalue weighted by Gasteiger charge is -2.14. The van der Waals surface area contributed by atoms with Gasteiger partial charge in [0.25, 0.3) is 0 Å². The minimum absolute atomic E-state index is 0.125. The molecule has 0 aliphatic carbocycles. The van der Waals surface area contributed by atoms with E-state index in [-0.39, 0.29) is 12.2 Å². The minimum atomic E-state index is -0.849. The van der Waals surface area contributed by atoms with Gasteiger partial charge in [0.1, 0.15) is 11.8 Å². The van der Waals surface area contributed by atoms with Gasteiger partial charge in [0, 0.05) is 6.08 Å². The van der Waals surface area contributed by atoms with Crippen molar-refractivity contribution in [2.75, 3.05) is 0 Å². The lowest BCUT2D eigenvalue weighted by molar-refractivity contribution is -0.148. The van der Waals surface area contributed by atoms with E-state index in [1.807, 2.05) is 0 Å². The Labute approximate surface area is 104 Å². The van der Waals surface area contributed by atoms with Gasteiger partial charge in [-0.1, -0.05) is 18.7 Å². The van der Waals surface area contributed by atoms with Gasteiger partial charge in [0.15, 0.2) is 0 Å². The van der Waals surface area contributed by atoms with E-state index in [1.54, 1.807) is 12.1 Å². The molecule has 0 aliphatic rings. The van der Waals surface area contributed by atoms with Crippen LogP contribution < -0.4 is 11.2 Å². The Kier molecular flexibility index (Phi) is 4.89. The topological polar surface area (TPSA) is 102 Å². The van der Waals surface area contributed by atoms with Gasteiger partial charge < -0.3 is 15.7 Å². The van der Waals surface area contributed by atoms with Crippen LogP contribution in [-0.2, 0) is 20.8 Å². The zero-order chi connectivity index (χ0) is 13.5. The van der Waals surface area contributed by atoms with Crippen molar-refractivity contribution in [2.24, 2.45) is 5.73 Å². The summed E-state index contributed by atoms with van der Waals surface area (Å²) in [6.45, 7) is 3.22.